The highest BCUT2D eigenvalue weighted by atomic mass is 35.5. The minimum absolute atomic E-state index is 0. The van der Waals surface area contributed by atoms with Crippen LogP contribution in [0.3, 0.4) is 0 Å². The Morgan fingerprint density at radius 2 is 1.64 bits per heavy atom. The summed E-state index contributed by atoms with van der Waals surface area (Å²) in [4.78, 5) is 1.95. The van der Waals surface area contributed by atoms with E-state index in [4.69, 9.17) is 4.74 Å². The number of benzene rings is 2. The van der Waals surface area contributed by atoms with Crippen molar-refractivity contribution in [3.8, 4) is 5.75 Å². The molecule has 138 valence electrons. The predicted octanol–water partition coefficient (Wildman–Crippen LogP) is 3.47. The first kappa shape index (κ1) is 21.3. The summed E-state index contributed by atoms with van der Waals surface area (Å²) in [6, 6.07) is 17.7. The van der Waals surface area contributed by atoms with E-state index in [-0.39, 0.29) is 25.6 Å². The number of aliphatic hydroxyl groups excluding tert-OH is 2. The van der Waals surface area contributed by atoms with Crippen molar-refractivity contribution in [1.29, 1.82) is 0 Å². The average Bonchev–Trinajstić information content (AvgIpc) is 2.60. The van der Waals surface area contributed by atoms with Crippen LogP contribution in [0.4, 0.5) is 5.69 Å². The van der Waals surface area contributed by atoms with Crippen molar-refractivity contribution in [2.75, 3.05) is 31.2 Å². The van der Waals surface area contributed by atoms with Crippen LogP contribution in [-0.4, -0.2) is 42.6 Å². The van der Waals surface area contributed by atoms with Gasteiger partial charge in [0.05, 0.1) is 6.61 Å². The molecule has 1 atom stereocenters. The highest BCUT2D eigenvalue weighted by Crippen LogP contribution is 2.19. The molecule has 0 saturated heterocycles. The number of hydrogen-bond acceptors (Lipinski definition) is 4. The van der Waals surface area contributed by atoms with Crippen LogP contribution in [0.2, 0.25) is 0 Å². The van der Waals surface area contributed by atoms with E-state index >= 15 is 0 Å². The fourth-order valence-corrected chi connectivity index (χ4v) is 2.53. The summed E-state index contributed by atoms with van der Waals surface area (Å²) in [7, 11) is 0. The molecule has 0 amide bonds. The van der Waals surface area contributed by atoms with Gasteiger partial charge >= 0.3 is 0 Å². The molecule has 2 N–H and O–H groups in total. The van der Waals surface area contributed by atoms with E-state index in [1.165, 1.54) is 5.56 Å². The lowest BCUT2D eigenvalue weighted by molar-refractivity contribution is 0.111. The molecule has 0 fully saturated rings. The van der Waals surface area contributed by atoms with Crippen molar-refractivity contribution in [2.45, 2.75) is 25.9 Å². The summed E-state index contributed by atoms with van der Waals surface area (Å²) < 4.78 is 5.68. The van der Waals surface area contributed by atoms with E-state index in [0.717, 1.165) is 11.4 Å². The first-order chi connectivity index (χ1) is 11.6. The van der Waals surface area contributed by atoms with Gasteiger partial charge in [0.2, 0.25) is 0 Å². The molecule has 2 aromatic rings. The number of aliphatic hydroxyl groups is 2. The highest BCUT2D eigenvalue weighted by molar-refractivity contribution is 5.85. The smallest absolute Gasteiger partial charge is 0.119 e. The molecule has 0 bridgehead atoms. The molecule has 0 aliphatic rings. The molecule has 2 rings (SSSR count). The van der Waals surface area contributed by atoms with Gasteiger partial charge in [0.25, 0.3) is 0 Å². The number of anilines is 1. The SMILES string of the molecule is CC(C)c1ccc(OCC(O)CN(CCO)c2ccccc2)cc1.Cl. The first-order valence-corrected chi connectivity index (χ1v) is 8.42. The minimum atomic E-state index is -0.637. The van der Waals surface area contributed by atoms with Crippen LogP contribution in [0.5, 0.6) is 5.75 Å². The molecule has 5 heteroatoms. The number of nitrogens with zero attached hydrogens (tertiary/aromatic N) is 1. The zero-order valence-electron chi connectivity index (χ0n) is 14.8. The first-order valence-electron chi connectivity index (χ1n) is 8.42. The number of ether oxygens (including phenoxy) is 1. The highest BCUT2D eigenvalue weighted by Gasteiger charge is 2.13. The maximum Gasteiger partial charge on any atom is 0.119 e. The van der Waals surface area contributed by atoms with Crippen molar-refractivity contribution in [1.82, 2.24) is 0 Å². The Kier molecular flexibility index (Phi) is 9.35. The Labute approximate surface area is 156 Å². The molecule has 0 spiro atoms. The van der Waals surface area contributed by atoms with Crippen LogP contribution in [0.1, 0.15) is 25.3 Å². The second-order valence-electron chi connectivity index (χ2n) is 6.19. The Bertz CT molecular complexity index is 590. The molecule has 1 unspecified atom stereocenters. The van der Waals surface area contributed by atoms with Crippen LogP contribution in [-0.2, 0) is 0 Å². The third-order valence-electron chi connectivity index (χ3n) is 3.91. The molecule has 0 aliphatic carbocycles. The van der Waals surface area contributed by atoms with Crippen molar-refractivity contribution in [3.63, 3.8) is 0 Å². The van der Waals surface area contributed by atoms with Crippen molar-refractivity contribution < 1.29 is 14.9 Å². The number of rotatable bonds is 9. The van der Waals surface area contributed by atoms with E-state index in [1.54, 1.807) is 0 Å². The molecule has 0 aliphatic heterocycles. The summed E-state index contributed by atoms with van der Waals surface area (Å²) in [6.07, 6.45) is -0.637. The summed E-state index contributed by atoms with van der Waals surface area (Å²) in [6.45, 7) is 5.45. The van der Waals surface area contributed by atoms with E-state index in [9.17, 15) is 10.2 Å². The van der Waals surface area contributed by atoms with Crippen LogP contribution in [0.25, 0.3) is 0 Å². The average molecular weight is 366 g/mol. The summed E-state index contributed by atoms with van der Waals surface area (Å²) in [5.74, 6) is 1.24. The zero-order chi connectivity index (χ0) is 17.4. The van der Waals surface area contributed by atoms with Crippen LogP contribution in [0, 0.1) is 0 Å². The molecule has 0 aromatic heterocycles. The van der Waals surface area contributed by atoms with Crippen LogP contribution < -0.4 is 9.64 Å². The molecular weight excluding hydrogens is 338 g/mol. The fraction of sp³-hybridized carbons (Fsp3) is 0.400. The van der Waals surface area contributed by atoms with Crippen molar-refractivity contribution in [2.24, 2.45) is 0 Å². The summed E-state index contributed by atoms with van der Waals surface area (Å²) in [5.41, 5.74) is 2.24. The second kappa shape index (κ2) is 11.0. The van der Waals surface area contributed by atoms with E-state index in [0.29, 0.717) is 19.0 Å². The number of para-hydroxylation sites is 1. The standard InChI is InChI=1S/C20H27NO3.ClH/c1-16(2)17-8-10-20(11-9-17)24-15-19(23)14-21(12-13-22)18-6-4-3-5-7-18;/h3-11,16,19,22-23H,12-15H2,1-2H3;1H. The van der Waals surface area contributed by atoms with Gasteiger partial charge in [-0.25, -0.2) is 0 Å². The molecule has 2 aromatic carbocycles. The zero-order valence-corrected chi connectivity index (χ0v) is 15.7. The van der Waals surface area contributed by atoms with E-state index < -0.39 is 6.10 Å². The lowest BCUT2D eigenvalue weighted by Crippen LogP contribution is -2.37. The van der Waals surface area contributed by atoms with Crippen molar-refractivity contribution >= 4 is 18.1 Å². The van der Waals surface area contributed by atoms with Gasteiger partial charge in [-0.2, -0.15) is 0 Å². The van der Waals surface area contributed by atoms with Gasteiger partial charge in [0, 0.05) is 18.8 Å². The van der Waals surface area contributed by atoms with Crippen LogP contribution >= 0.6 is 12.4 Å². The third kappa shape index (κ3) is 6.94. The molecule has 25 heavy (non-hydrogen) atoms. The lowest BCUT2D eigenvalue weighted by atomic mass is 10.0. The quantitative estimate of drug-likeness (QED) is 0.714. The Morgan fingerprint density at radius 1 is 1.00 bits per heavy atom. The topological polar surface area (TPSA) is 52.9 Å². The largest absolute Gasteiger partial charge is 0.491 e. The van der Waals surface area contributed by atoms with E-state index in [2.05, 4.69) is 26.0 Å². The summed E-state index contributed by atoms with van der Waals surface area (Å²) >= 11 is 0. The Balaban J connectivity index is 0.00000312. The molecule has 4 nitrogen and oxygen atoms in total. The normalized spacial score (nSPS) is 11.7. The van der Waals surface area contributed by atoms with Gasteiger partial charge in [0.1, 0.15) is 18.5 Å². The molecule has 0 radical (unpaired) electrons. The number of hydrogen-bond donors (Lipinski definition) is 2. The van der Waals surface area contributed by atoms with Gasteiger partial charge in [-0.1, -0.05) is 44.2 Å². The number of halogens is 1. The maximum atomic E-state index is 10.3. The van der Waals surface area contributed by atoms with Gasteiger partial charge in [-0.15, -0.1) is 12.4 Å². The third-order valence-corrected chi connectivity index (χ3v) is 3.91. The van der Waals surface area contributed by atoms with Gasteiger partial charge in [0.15, 0.2) is 0 Å². The lowest BCUT2D eigenvalue weighted by Gasteiger charge is -2.26. The van der Waals surface area contributed by atoms with Gasteiger partial charge < -0.3 is 19.8 Å². The Morgan fingerprint density at radius 3 is 2.20 bits per heavy atom. The maximum absolute atomic E-state index is 10.3. The minimum Gasteiger partial charge on any atom is -0.491 e. The summed E-state index contributed by atoms with van der Waals surface area (Å²) in [5, 5.41) is 19.5. The van der Waals surface area contributed by atoms with Gasteiger partial charge in [-0.3, -0.25) is 0 Å². The monoisotopic (exact) mass is 365 g/mol. The Hall–Kier alpha value is -1.75. The van der Waals surface area contributed by atoms with Crippen molar-refractivity contribution in [3.05, 3.63) is 60.2 Å². The molecular formula is C20H28ClNO3. The predicted molar refractivity (Wildman–Crippen MR) is 105 cm³/mol. The van der Waals surface area contributed by atoms with Crippen LogP contribution in [0.15, 0.2) is 54.6 Å². The fourth-order valence-electron chi connectivity index (χ4n) is 2.53. The second-order valence-corrected chi connectivity index (χ2v) is 6.19. The van der Waals surface area contributed by atoms with Gasteiger partial charge in [-0.05, 0) is 35.7 Å². The molecule has 0 heterocycles. The van der Waals surface area contributed by atoms with E-state index in [1.807, 2.05) is 47.4 Å². The molecule has 0 saturated carbocycles.